The first-order valence-electron chi connectivity index (χ1n) is 5.76. The number of carbonyl (C=O) groups is 1. The number of aromatic carboxylic acids is 1. The molecule has 0 fully saturated rings. The van der Waals surface area contributed by atoms with E-state index < -0.39 is 5.97 Å². The topological polar surface area (TPSA) is 79.5 Å². The predicted octanol–water partition coefficient (Wildman–Crippen LogP) is 2.09. The van der Waals surface area contributed by atoms with Gasteiger partial charge >= 0.3 is 5.97 Å². The molecule has 2 rings (SSSR count). The smallest absolute Gasteiger partial charge is 0.355 e. The van der Waals surface area contributed by atoms with Gasteiger partial charge in [0.1, 0.15) is 5.82 Å². The minimum Gasteiger partial charge on any atom is -0.476 e. The van der Waals surface area contributed by atoms with Crippen molar-refractivity contribution >= 4 is 17.5 Å². The number of carboxylic acids is 1. The Balaban J connectivity index is 2.58. The highest BCUT2D eigenvalue weighted by Crippen LogP contribution is 2.26. The molecule has 0 aliphatic heterocycles. The van der Waals surface area contributed by atoms with E-state index in [1.807, 2.05) is 43.3 Å². The van der Waals surface area contributed by atoms with Crippen LogP contribution in [0.15, 0.2) is 36.4 Å². The lowest BCUT2D eigenvalue weighted by Crippen LogP contribution is -2.09. The molecular weight excluding hydrogens is 242 g/mol. The van der Waals surface area contributed by atoms with Crippen LogP contribution in [-0.2, 0) is 0 Å². The first-order chi connectivity index (χ1) is 8.99. The number of hydrogen-bond acceptors (Lipinski definition) is 4. The molecule has 2 aromatic rings. The number of benzene rings is 1. The summed E-state index contributed by atoms with van der Waals surface area (Å²) in [6, 6.07) is 10.9. The van der Waals surface area contributed by atoms with Crippen molar-refractivity contribution in [2.24, 2.45) is 0 Å². The minimum atomic E-state index is -1.09. The van der Waals surface area contributed by atoms with Gasteiger partial charge in [0.05, 0.1) is 0 Å². The van der Waals surface area contributed by atoms with Gasteiger partial charge in [0.25, 0.3) is 0 Å². The van der Waals surface area contributed by atoms with Gasteiger partial charge in [-0.1, -0.05) is 12.1 Å². The second-order valence-corrected chi connectivity index (χ2v) is 4.38. The van der Waals surface area contributed by atoms with Crippen molar-refractivity contribution < 1.29 is 9.90 Å². The van der Waals surface area contributed by atoms with Gasteiger partial charge in [-0.3, -0.25) is 0 Å². The maximum atomic E-state index is 11.2. The molecule has 0 unspecified atom stereocenters. The van der Waals surface area contributed by atoms with Crippen molar-refractivity contribution in [1.82, 2.24) is 4.98 Å². The van der Waals surface area contributed by atoms with Crippen molar-refractivity contribution in [3.8, 4) is 11.1 Å². The second-order valence-electron chi connectivity index (χ2n) is 4.38. The van der Waals surface area contributed by atoms with E-state index in [0.29, 0.717) is 5.56 Å². The molecule has 0 saturated carbocycles. The van der Waals surface area contributed by atoms with E-state index in [1.165, 1.54) is 0 Å². The summed E-state index contributed by atoms with van der Waals surface area (Å²) in [5, 5.41) is 9.20. The molecule has 5 heteroatoms. The van der Waals surface area contributed by atoms with Crippen molar-refractivity contribution in [2.75, 3.05) is 24.7 Å². The van der Waals surface area contributed by atoms with Gasteiger partial charge in [0.2, 0.25) is 0 Å². The molecule has 0 spiro atoms. The fraction of sp³-hybridized carbons (Fsp3) is 0.143. The molecule has 1 aromatic heterocycles. The lowest BCUT2D eigenvalue weighted by atomic mass is 10.0. The van der Waals surface area contributed by atoms with Crippen molar-refractivity contribution in [2.45, 2.75) is 0 Å². The van der Waals surface area contributed by atoms with E-state index in [1.54, 1.807) is 12.1 Å². The van der Waals surface area contributed by atoms with Crippen LogP contribution in [0.5, 0.6) is 0 Å². The van der Waals surface area contributed by atoms with Gasteiger partial charge in [-0.05, 0) is 29.8 Å². The summed E-state index contributed by atoms with van der Waals surface area (Å²) in [6.07, 6.45) is 0. The van der Waals surface area contributed by atoms with E-state index in [9.17, 15) is 9.90 Å². The maximum Gasteiger partial charge on any atom is 0.355 e. The molecule has 1 aromatic carbocycles. The van der Waals surface area contributed by atoms with Crippen LogP contribution in [0.25, 0.3) is 11.1 Å². The fourth-order valence-corrected chi connectivity index (χ4v) is 1.82. The van der Waals surface area contributed by atoms with Crippen molar-refractivity contribution in [3.63, 3.8) is 0 Å². The third-order valence-electron chi connectivity index (χ3n) is 2.79. The number of nitrogens with zero attached hydrogens (tertiary/aromatic N) is 2. The number of hydrogen-bond donors (Lipinski definition) is 2. The molecule has 0 atom stereocenters. The Morgan fingerprint density at radius 1 is 1.26 bits per heavy atom. The SMILES string of the molecule is CN(C)c1cccc(-c2ccc(N)nc2C(=O)O)c1. The Labute approximate surface area is 111 Å². The molecule has 98 valence electrons. The van der Waals surface area contributed by atoms with Crippen molar-refractivity contribution in [1.29, 1.82) is 0 Å². The standard InChI is InChI=1S/C14H15N3O2/c1-17(2)10-5-3-4-9(8-10)11-6-7-12(15)16-13(11)14(18)19/h3-8H,1-2H3,(H2,15,16)(H,18,19). The molecule has 0 saturated heterocycles. The summed E-state index contributed by atoms with van der Waals surface area (Å²) in [4.78, 5) is 17.1. The van der Waals surface area contributed by atoms with Crippen molar-refractivity contribution in [3.05, 3.63) is 42.1 Å². The second kappa shape index (κ2) is 4.97. The zero-order valence-corrected chi connectivity index (χ0v) is 10.8. The Morgan fingerprint density at radius 3 is 2.63 bits per heavy atom. The van der Waals surface area contributed by atoms with Gasteiger partial charge in [-0.15, -0.1) is 0 Å². The Morgan fingerprint density at radius 2 is 2.00 bits per heavy atom. The van der Waals surface area contributed by atoms with Crippen LogP contribution in [0.4, 0.5) is 11.5 Å². The highest BCUT2D eigenvalue weighted by Gasteiger charge is 2.14. The number of carboxylic acid groups (broad SMARTS) is 1. The molecular formula is C14H15N3O2. The van der Waals surface area contributed by atoms with Gasteiger partial charge in [-0.2, -0.15) is 0 Å². The van der Waals surface area contributed by atoms with Crippen LogP contribution in [0, 0.1) is 0 Å². The third-order valence-corrected chi connectivity index (χ3v) is 2.79. The molecule has 0 radical (unpaired) electrons. The van der Waals surface area contributed by atoms with E-state index >= 15 is 0 Å². The summed E-state index contributed by atoms with van der Waals surface area (Å²) in [7, 11) is 3.86. The van der Waals surface area contributed by atoms with E-state index in [0.717, 1.165) is 11.3 Å². The number of rotatable bonds is 3. The molecule has 1 heterocycles. The zero-order valence-electron chi connectivity index (χ0n) is 10.8. The van der Waals surface area contributed by atoms with Gasteiger partial charge in [-0.25, -0.2) is 9.78 Å². The summed E-state index contributed by atoms with van der Waals surface area (Å²) in [6.45, 7) is 0. The Kier molecular flexibility index (Phi) is 3.37. The van der Waals surface area contributed by atoms with Crippen LogP contribution in [0.3, 0.4) is 0 Å². The molecule has 0 aliphatic carbocycles. The quantitative estimate of drug-likeness (QED) is 0.880. The fourth-order valence-electron chi connectivity index (χ4n) is 1.82. The lowest BCUT2D eigenvalue weighted by molar-refractivity contribution is 0.0691. The molecule has 19 heavy (non-hydrogen) atoms. The third kappa shape index (κ3) is 2.65. The summed E-state index contributed by atoms with van der Waals surface area (Å²) < 4.78 is 0. The van der Waals surface area contributed by atoms with E-state index in [-0.39, 0.29) is 11.5 Å². The van der Waals surface area contributed by atoms with Crippen LogP contribution >= 0.6 is 0 Å². The summed E-state index contributed by atoms with van der Waals surface area (Å²) in [5.74, 6) is -0.887. The highest BCUT2D eigenvalue weighted by atomic mass is 16.4. The highest BCUT2D eigenvalue weighted by molar-refractivity contribution is 5.94. The van der Waals surface area contributed by atoms with Gasteiger partial charge in [0, 0.05) is 25.3 Å². The zero-order chi connectivity index (χ0) is 14.0. The predicted molar refractivity (Wildman–Crippen MR) is 75.4 cm³/mol. The van der Waals surface area contributed by atoms with Crippen LogP contribution in [-0.4, -0.2) is 30.2 Å². The molecule has 0 bridgehead atoms. The monoisotopic (exact) mass is 257 g/mol. The maximum absolute atomic E-state index is 11.2. The van der Waals surface area contributed by atoms with Crippen LogP contribution < -0.4 is 10.6 Å². The van der Waals surface area contributed by atoms with Crippen LogP contribution in [0.2, 0.25) is 0 Å². The first kappa shape index (κ1) is 12.9. The van der Waals surface area contributed by atoms with E-state index in [2.05, 4.69) is 4.98 Å². The number of pyridine rings is 1. The normalized spacial score (nSPS) is 10.2. The minimum absolute atomic E-state index is 0.0316. The van der Waals surface area contributed by atoms with Gasteiger partial charge < -0.3 is 15.7 Å². The molecule has 0 aliphatic rings. The lowest BCUT2D eigenvalue weighted by Gasteiger charge is -2.14. The number of aromatic nitrogens is 1. The van der Waals surface area contributed by atoms with Crippen LogP contribution in [0.1, 0.15) is 10.5 Å². The molecule has 3 N–H and O–H groups in total. The first-order valence-corrected chi connectivity index (χ1v) is 5.76. The number of anilines is 2. The Bertz CT molecular complexity index is 624. The van der Waals surface area contributed by atoms with Gasteiger partial charge in [0.15, 0.2) is 5.69 Å². The van der Waals surface area contributed by atoms with E-state index in [4.69, 9.17) is 5.73 Å². The Hall–Kier alpha value is -2.56. The summed E-state index contributed by atoms with van der Waals surface area (Å²) in [5.41, 5.74) is 7.86. The number of nitrogen functional groups attached to an aromatic ring is 1. The summed E-state index contributed by atoms with van der Waals surface area (Å²) >= 11 is 0. The average Bonchev–Trinajstić information content (AvgIpc) is 2.38. The molecule has 0 amide bonds. The molecule has 5 nitrogen and oxygen atoms in total. The average molecular weight is 257 g/mol. The number of nitrogens with two attached hydrogens (primary N) is 1. The largest absolute Gasteiger partial charge is 0.476 e.